The van der Waals surface area contributed by atoms with Gasteiger partial charge in [-0.1, -0.05) is 18.2 Å². The lowest BCUT2D eigenvalue weighted by molar-refractivity contribution is 0.0290. The predicted octanol–water partition coefficient (Wildman–Crippen LogP) is 2.36. The van der Waals surface area contributed by atoms with Gasteiger partial charge in [-0.25, -0.2) is 4.79 Å². The maximum absolute atomic E-state index is 12.2. The minimum Gasteiger partial charge on any atom is -0.496 e. The molecule has 2 atom stereocenters. The van der Waals surface area contributed by atoms with Crippen molar-refractivity contribution in [2.45, 2.75) is 38.3 Å². The van der Waals surface area contributed by atoms with Gasteiger partial charge in [0.25, 0.3) is 0 Å². The molecule has 1 heterocycles. The highest BCUT2D eigenvalue weighted by Gasteiger charge is 2.37. The lowest BCUT2D eigenvalue weighted by atomic mass is 9.94. The first-order chi connectivity index (χ1) is 9.81. The molecule has 2 N–H and O–H groups in total. The van der Waals surface area contributed by atoms with Crippen molar-refractivity contribution in [3.63, 3.8) is 0 Å². The minimum absolute atomic E-state index is 0.0636. The van der Waals surface area contributed by atoms with Crippen LogP contribution in [0.15, 0.2) is 24.3 Å². The second kappa shape index (κ2) is 5.93. The topological polar surface area (TPSA) is 64.8 Å². The van der Waals surface area contributed by atoms with Crippen LogP contribution in [0.1, 0.15) is 32.3 Å². The van der Waals surface area contributed by atoms with Gasteiger partial charge >= 0.3 is 6.09 Å². The lowest BCUT2D eigenvalue weighted by Crippen LogP contribution is -2.36. The SMILES string of the molecule is COc1ccccc1C1CN(C(=O)OC(C)(C)C)CC1N. The van der Waals surface area contributed by atoms with Gasteiger partial charge in [0.1, 0.15) is 11.4 Å². The number of ether oxygens (including phenoxy) is 2. The summed E-state index contributed by atoms with van der Waals surface area (Å²) in [6.07, 6.45) is -0.310. The number of methoxy groups -OCH3 is 1. The third-order valence-corrected chi connectivity index (χ3v) is 3.56. The first-order valence-electron chi connectivity index (χ1n) is 7.18. The number of nitrogens with two attached hydrogens (primary N) is 1. The van der Waals surface area contributed by atoms with Crippen molar-refractivity contribution in [3.8, 4) is 5.75 Å². The highest BCUT2D eigenvalue weighted by molar-refractivity contribution is 5.69. The Bertz CT molecular complexity index is 510. The highest BCUT2D eigenvalue weighted by atomic mass is 16.6. The van der Waals surface area contributed by atoms with Gasteiger partial charge in [-0.05, 0) is 26.8 Å². The summed E-state index contributed by atoms with van der Waals surface area (Å²) in [5.74, 6) is 0.873. The molecule has 1 aromatic carbocycles. The normalized spacial score (nSPS) is 22.2. The fourth-order valence-electron chi connectivity index (χ4n) is 2.61. The molecule has 2 rings (SSSR count). The van der Waals surface area contributed by atoms with E-state index in [2.05, 4.69) is 0 Å². The van der Waals surface area contributed by atoms with Crippen LogP contribution >= 0.6 is 0 Å². The van der Waals surface area contributed by atoms with E-state index < -0.39 is 5.60 Å². The molecule has 0 aromatic heterocycles. The molecule has 0 bridgehead atoms. The van der Waals surface area contributed by atoms with Crippen LogP contribution in [0.4, 0.5) is 4.79 Å². The van der Waals surface area contributed by atoms with Gasteiger partial charge in [-0.2, -0.15) is 0 Å². The summed E-state index contributed by atoms with van der Waals surface area (Å²) in [6, 6.07) is 7.68. The number of nitrogens with zero attached hydrogens (tertiary/aromatic N) is 1. The van der Waals surface area contributed by atoms with Crippen LogP contribution in [0.5, 0.6) is 5.75 Å². The molecule has 1 amide bonds. The zero-order valence-electron chi connectivity index (χ0n) is 13.1. The second-order valence-electron chi connectivity index (χ2n) is 6.40. The molecule has 2 unspecified atom stereocenters. The van der Waals surface area contributed by atoms with Gasteiger partial charge in [0.05, 0.1) is 7.11 Å². The number of benzene rings is 1. The molecule has 0 radical (unpaired) electrons. The number of rotatable bonds is 2. The number of likely N-dealkylation sites (tertiary alicyclic amines) is 1. The number of carbonyl (C=O) groups excluding carboxylic acids is 1. The summed E-state index contributed by atoms with van der Waals surface area (Å²) in [4.78, 5) is 13.8. The maximum atomic E-state index is 12.2. The van der Waals surface area contributed by atoms with E-state index in [1.54, 1.807) is 12.0 Å². The molecular weight excluding hydrogens is 268 g/mol. The standard InChI is InChI=1S/C16H24N2O3/c1-16(2,3)21-15(19)18-9-12(13(17)10-18)11-7-5-6-8-14(11)20-4/h5-8,12-13H,9-10,17H2,1-4H3. The second-order valence-corrected chi connectivity index (χ2v) is 6.40. The number of hydrogen-bond acceptors (Lipinski definition) is 4. The van der Waals surface area contributed by atoms with E-state index in [-0.39, 0.29) is 18.1 Å². The molecule has 116 valence electrons. The summed E-state index contributed by atoms with van der Waals surface area (Å²) >= 11 is 0. The monoisotopic (exact) mass is 292 g/mol. The third-order valence-electron chi connectivity index (χ3n) is 3.56. The van der Waals surface area contributed by atoms with E-state index in [0.29, 0.717) is 13.1 Å². The number of para-hydroxylation sites is 1. The summed E-state index contributed by atoms with van der Waals surface area (Å²) < 4.78 is 10.8. The molecule has 1 aliphatic rings. The molecule has 5 heteroatoms. The van der Waals surface area contributed by atoms with Crippen LogP contribution in [-0.4, -0.2) is 42.8 Å². The van der Waals surface area contributed by atoms with Gasteiger partial charge in [0.2, 0.25) is 0 Å². The molecule has 1 saturated heterocycles. The van der Waals surface area contributed by atoms with Gasteiger partial charge in [0.15, 0.2) is 0 Å². The lowest BCUT2D eigenvalue weighted by Gasteiger charge is -2.24. The largest absolute Gasteiger partial charge is 0.496 e. The third kappa shape index (κ3) is 3.67. The van der Waals surface area contributed by atoms with Crippen LogP contribution in [-0.2, 0) is 4.74 Å². The zero-order valence-corrected chi connectivity index (χ0v) is 13.1. The summed E-state index contributed by atoms with van der Waals surface area (Å²) in [5.41, 5.74) is 6.77. The smallest absolute Gasteiger partial charge is 0.410 e. The Labute approximate surface area is 126 Å². The highest BCUT2D eigenvalue weighted by Crippen LogP contribution is 2.33. The maximum Gasteiger partial charge on any atom is 0.410 e. The van der Waals surface area contributed by atoms with Gasteiger partial charge in [0, 0.05) is 30.6 Å². The molecule has 5 nitrogen and oxygen atoms in total. The van der Waals surface area contributed by atoms with Crippen molar-refractivity contribution in [2.75, 3.05) is 20.2 Å². The van der Waals surface area contributed by atoms with Crippen LogP contribution in [0.25, 0.3) is 0 Å². The van der Waals surface area contributed by atoms with Crippen LogP contribution < -0.4 is 10.5 Å². The van der Waals surface area contributed by atoms with Crippen molar-refractivity contribution in [1.29, 1.82) is 0 Å². The number of hydrogen-bond donors (Lipinski definition) is 1. The Balaban J connectivity index is 2.13. The fraction of sp³-hybridized carbons (Fsp3) is 0.562. The molecule has 1 aromatic rings. The summed E-state index contributed by atoms with van der Waals surface area (Å²) in [7, 11) is 1.64. The first kappa shape index (κ1) is 15.6. The number of carbonyl (C=O) groups is 1. The van der Waals surface area contributed by atoms with Crippen LogP contribution in [0, 0.1) is 0 Å². The Morgan fingerprint density at radius 3 is 2.57 bits per heavy atom. The fourth-order valence-corrected chi connectivity index (χ4v) is 2.61. The number of amides is 1. The van der Waals surface area contributed by atoms with Crippen molar-refractivity contribution < 1.29 is 14.3 Å². The molecule has 0 saturated carbocycles. The molecule has 21 heavy (non-hydrogen) atoms. The molecule has 1 fully saturated rings. The summed E-state index contributed by atoms with van der Waals surface area (Å²) in [5, 5.41) is 0. The van der Waals surface area contributed by atoms with E-state index in [9.17, 15) is 4.79 Å². The molecule has 0 spiro atoms. The first-order valence-corrected chi connectivity index (χ1v) is 7.18. The minimum atomic E-state index is -0.496. The molecular formula is C16H24N2O3. The van der Waals surface area contributed by atoms with Crippen LogP contribution in [0.2, 0.25) is 0 Å². The van der Waals surface area contributed by atoms with Crippen molar-refractivity contribution in [2.24, 2.45) is 5.73 Å². The molecule has 0 aliphatic carbocycles. The quantitative estimate of drug-likeness (QED) is 0.909. The Morgan fingerprint density at radius 1 is 1.29 bits per heavy atom. The van der Waals surface area contributed by atoms with E-state index in [4.69, 9.17) is 15.2 Å². The van der Waals surface area contributed by atoms with E-state index in [0.717, 1.165) is 11.3 Å². The predicted molar refractivity (Wildman–Crippen MR) is 81.5 cm³/mol. The van der Waals surface area contributed by atoms with E-state index >= 15 is 0 Å². The Morgan fingerprint density at radius 2 is 1.95 bits per heavy atom. The Kier molecular flexibility index (Phi) is 4.42. The van der Waals surface area contributed by atoms with Gasteiger partial charge < -0.3 is 20.1 Å². The average molecular weight is 292 g/mol. The van der Waals surface area contributed by atoms with Gasteiger partial charge in [-0.3, -0.25) is 0 Å². The zero-order chi connectivity index (χ0) is 15.6. The average Bonchev–Trinajstić information content (AvgIpc) is 2.79. The van der Waals surface area contributed by atoms with Gasteiger partial charge in [-0.15, -0.1) is 0 Å². The van der Waals surface area contributed by atoms with Crippen molar-refractivity contribution in [1.82, 2.24) is 4.90 Å². The van der Waals surface area contributed by atoms with E-state index in [1.165, 1.54) is 0 Å². The van der Waals surface area contributed by atoms with Crippen LogP contribution in [0.3, 0.4) is 0 Å². The Hall–Kier alpha value is -1.75. The summed E-state index contributed by atoms with van der Waals surface area (Å²) in [6.45, 7) is 6.63. The van der Waals surface area contributed by atoms with E-state index in [1.807, 2.05) is 45.0 Å². The van der Waals surface area contributed by atoms with Crippen molar-refractivity contribution >= 4 is 6.09 Å². The van der Waals surface area contributed by atoms with Crippen molar-refractivity contribution in [3.05, 3.63) is 29.8 Å². The molecule has 1 aliphatic heterocycles.